The van der Waals surface area contributed by atoms with E-state index in [0.717, 1.165) is 5.69 Å². The van der Waals surface area contributed by atoms with Gasteiger partial charge in [-0.15, -0.1) is 0 Å². The van der Waals surface area contributed by atoms with Crippen molar-refractivity contribution < 1.29 is 8.78 Å². The highest BCUT2D eigenvalue weighted by atomic mass is 19.1. The summed E-state index contributed by atoms with van der Waals surface area (Å²) < 4.78 is 27.7. The predicted octanol–water partition coefficient (Wildman–Crippen LogP) is 4.96. The van der Waals surface area contributed by atoms with Crippen LogP contribution in [0, 0.1) is 18.6 Å². The van der Waals surface area contributed by atoms with Gasteiger partial charge in [-0.1, -0.05) is 24.3 Å². The van der Waals surface area contributed by atoms with Gasteiger partial charge in [0, 0.05) is 18.3 Å². The van der Waals surface area contributed by atoms with Crippen LogP contribution in [0.2, 0.25) is 0 Å². The lowest BCUT2D eigenvalue weighted by Gasteiger charge is -2.23. The quantitative estimate of drug-likeness (QED) is 0.712. The molecule has 0 bridgehead atoms. The first-order valence-corrected chi connectivity index (χ1v) is 7.97. The summed E-state index contributed by atoms with van der Waals surface area (Å²) in [6, 6.07) is 15.2. The molecule has 0 amide bonds. The maximum atomic E-state index is 13.9. The highest BCUT2D eigenvalue weighted by molar-refractivity contribution is 5.65. The molecule has 3 rings (SSSR count). The van der Waals surface area contributed by atoms with E-state index in [2.05, 4.69) is 15.3 Å². The summed E-state index contributed by atoms with van der Waals surface area (Å²) in [7, 11) is 0. The van der Waals surface area contributed by atoms with Gasteiger partial charge in [0.25, 0.3) is 0 Å². The topological polar surface area (TPSA) is 41.0 Å². The number of nitrogens with zero attached hydrogens (tertiary/aromatic N) is 3. The Morgan fingerprint density at radius 2 is 1.64 bits per heavy atom. The highest BCUT2D eigenvalue weighted by Crippen LogP contribution is 2.27. The van der Waals surface area contributed by atoms with Crippen molar-refractivity contribution in [1.82, 2.24) is 9.97 Å². The highest BCUT2D eigenvalue weighted by Gasteiger charge is 2.14. The first kappa shape index (κ1) is 16.8. The summed E-state index contributed by atoms with van der Waals surface area (Å²) in [5, 5.41) is 2.72. The molecule has 2 aromatic carbocycles. The van der Waals surface area contributed by atoms with Gasteiger partial charge >= 0.3 is 0 Å². The van der Waals surface area contributed by atoms with E-state index in [1.807, 2.05) is 42.2 Å². The molecular formula is C19H18F2N4. The zero-order chi connectivity index (χ0) is 17.8. The SMILES string of the molecule is CCN(c1ccccc1)c1cc(Nc2c(F)cccc2F)nc(C)n1. The van der Waals surface area contributed by atoms with Gasteiger partial charge < -0.3 is 10.2 Å². The van der Waals surface area contributed by atoms with Gasteiger partial charge in [-0.3, -0.25) is 0 Å². The van der Waals surface area contributed by atoms with Gasteiger partial charge in [0.15, 0.2) is 0 Å². The van der Waals surface area contributed by atoms with Crippen LogP contribution < -0.4 is 10.2 Å². The average molecular weight is 340 g/mol. The molecule has 0 saturated carbocycles. The summed E-state index contributed by atoms with van der Waals surface area (Å²) >= 11 is 0. The van der Waals surface area contributed by atoms with Crippen LogP contribution >= 0.6 is 0 Å². The van der Waals surface area contributed by atoms with E-state index in [4.69, 9.17) is 0 Å². The Morgan fingerprint density at radius 3 is 2.28 bits per heavy atom. The lowest BCUT2D eigenvalue weighted by molar-refractivity contribution is 0.590. The van der Waals surface area contributed by atoms with Gasteiger partial charge in [0.1, 0.15) is 34.8 Å². The molecule has 0 aliphatic carbocycles. The molecule has 1 heterocycles. The van der Waals surface area contributed by atoms with E-state index in [1.54, 1.807) is 13.0 Å². The second-order valence-corrected chi connectivity index (χ2v) is 5.46. The number of nitrogens with one attached hydrogen (secondary N) is 1. The van der Waals surface area contributed by atoms with Gasteiger partial charge in [-0.2, -0.15) is 0 Å². The average Bonchev–Trinajstić information content (AvgIpc) is 2.60. The van der Waals surface area contributed by atoms with E-state index in [1.165, 1.54) is 18.2 Å². The molecule has 3 aromatic rings. The lowest BCUT2D eigenvalue weighted by Crippen LogP contribution is -2.18. The summed E-state index contributed by atoms with van der Waals surface area (Å²) in [5.74, 6) is 0.147. The molecule has 0 spiro atoms. The molecule has 0 aliphatic rings. The Bertz CT molecular complexity index is 848. The van der Waals surface area contributed by atoms with Crippen molar-refractivity contribution in [3.05, 3.63) is 72.1 Å². The smallest absolute Gasteiger partial charge is 0.149 e. The van der Waals surface area contributed by atoms with Crippen LogP contribution in [0.15, 0.2) is 54.6 Å². The van der Waals surface area contributed by atoms with Crippen molar-refractivity contribution in [3.63, 3.8) is 0 Å². The standard InChI is InChI=1S/C19H18F2N4/c1-3-25(14-8-5-4-6-9-14)18-12-17(22-13(2)23-18)24-19-15(20)10-7-11-16(19)21/h4-12H,3H2,1-2H3,(H,22,23,24). The van der Waals surface area contributed by atoms with Crippen molar-refractivity contribution in [2.24, 2.45) is 0 Å². The van der Waals surface area contributed by atoms with Crippen molar-refractivity contribution in [2.45, 2.75) is 13.8 Å². The molecule has 0 aliphatic heterocycles. The van der Waals surface area contributed by atoms with E-state index < -0.39 is 11.6 Å². The third-order valence-electron chi connectivity index (χ3n) is 3.70. The molecule has 128 valence electrons. The van der Waals surface area contributed by atoms with Crippen molar-refractivity contribution in [1.29, 1.82) is 0 Å². The third-order valence-corrected chi connectivity index (χ3v) is 3.70. The predicted molar refractivity (Wildman–Crippen MR) is 95.5 cm³/mol. The summed E-state index contributed by atoms with van der Waals surface area (Å²) in [6.45, 7) is 4.44. The molecule has 0 radical (unpaired) electrons. The first-order valence-electron chi connectivity index (χ1n) is 7.97. The van der Waals surface area contributed by atoms with Gasteiger partial charge in [-0.05, 0) is 38.1 Å². The first-order chi connectivity index (χ1) is 12.1. The minimum Gasteiger partial charge on any atom is -0.335 e. The molecule has 1 N–H and O–H groups in total. The molecule has 0 atom stereocenters. The van der Waals surface area contributed by atoms with Gasteiger partial charge in [0.2, 0.25) is 0 Å². The molecular weight excluding hydrogens is 322 g/mol. The number of aromatic nitrogens is 2. The monoisotopic (exact) mass is 340 g/mol. The van der Waals surface area contributed by atoms with E-state index in [9.17, 15) is 8.78 Å². The maximum absolute atomic E-state index is 13.9. The minimum atomic E-state index is -0.673. The largest absolute Gasteiger partial charge is 0.335 e. The van der Waals surface area contributed by atoms with Crippen LogP contribution in [0.4, 0.5) is 31.8 Å². The number of hydrogen-bond donors (Lipinski definition) is 1. The molecule has 0 fully saturated rings. The van der Waals surface area contributed by atoms with Gasteiger partial charge in [-0.25, -0.2) is 18.7 Å². The zero-order valence-corrected chi connectivity index (χ0v) is 14.0. The molecule has 4 nitrogen and oxygen atoms in total. The minimum absolute atomic E-state index is 0.227. The Kier molecular flexibility index (Phi) is 4.88. The Labute approximate surface area is 145 Å². The van der Waals surface area contributed by atoms with Crippen LogP contribution in [0.5, 0.6) is 0 Å². The number of aryl methyl sites for hydroxylation is 1. The fourth-order valence-corrected chi connectivity index (χ4v) is 2.58. The number of hydrogen-bond acceptors (Lipinski definition) is 4. The van der Waals surface area contributed by atoms with Crippen LogP contribution in [0.3, 0.4) is 0 Å². The summed E-state index contributed by atoms with van der Waals surface area (Å²) in [6.07, 6.45) is 0. The van der Waals surface area contributed by atoms with Crippen molar-refractivity contribution in [3.8, 4) is 0 Å². The summed E-state index contributed by atoms with van der Waals surface area (Å²) in [5.41, 5.74) is 0.750. The number of rotatable bonds is 5. The lowest BCUT2D eigenvalue weighted by atomic mass is 10.2. The van der Waals surface area contributed by atoms with E-state index >= 15 is 0 Å². The van der Waals surface area contributed by atoms with Crippen LogP contribution in [-0.2, 0) is 0 Å². The number of halogens is 2. The second kappa shape index (κ2) is 7.25. The van der Waals surface area contributed by atoms with Gasteiger partial charge in [0.05, 0.1) is 0 Å². The molecule has 1 aromatic heterocycles. The zero-order valence-electron chi connectivity index (χ0n) is 14.0. The fraction of sp³-hybridized carbons (Fsp3) is 0.158. The molecule has 0 unspecified atom stereocenters. The Balaban J connectivity index is 1.98. The molecule has 6 heteroatoms. The molecule has 0 saturated heterocycles. The number of para-hydroxylation sites is 2. The fourth-order valence-electron chi connectivity index (χ4n) is 2.58. The number of anilines is 4. The normalized spacial score (nSPS) is 10.6. The van der Waals surface area contributed by atoms with Crippen LogP contribution in [-0.4, -0.2) is 16.5 Å². The van der Waals surface area contributed by atoms with E-state index in [0.29, 0.717) is 24.0 Å². The summed E-state index contributed by atoms with van der Waals surface area (Å²) in [4.78, 5) is 10.7. The maximum Gasteiger partial charge on any atom is 0.149 e. The Hall–Kier alpha value is -3.02. The van der Waals surface area contributed by atoms with Crippen molar-refractivity contribution >= 4 is 23.0 Å². The van der Waals surface area contributed by atoms with Crippen LogP contribution in [0.25, 0.3) is 0 Å². The Morgan fingerprint density at radius 1 is 0.960 bits per heavy atom. The number of benzene rings is 2. The second-order valence-electron chi connectivity index (χ2n) is 5.46. The van der Waals surface area contributed by atoms with E-state index in [-0.39, 0.29) is 5.69 Å². The van der Waals surface area contributed by atoms with Crippen LogP contribution in [0.1, 0.15) is 12.7 Å². The third kappa shape index (κ3) is 3.74. The van der Waals surface area contributed by atoms with Crippen molar-refractivity contribution in [2.75, 3.05) is 16.8 Å². The molecule has 25 heavy (non-hydrogen) atoms.